The summed E-state index contributed by atoms with van der Waals surface area (Å²) in [5.41, 5.74) is 0.0816. The van der Waals surface area contributed by atoms with Crippen molar-refractivity contribution in [1.29, 1.82) is 0 Å². The molecule has 3 heteroatoms. The highest BCUT2D eigenvalue weighted by atomic mass is 16.3. The SMILES string of the molecule is CCNC(c1ccco1)C(C)(C)N1CCCCCC1. The normalized spacial score (nSPS) is 20.2. The van der Waals surface area contributed by atoms with Gasteiger partial charge in [-0.3, -0.25) is 4.90 Å². The van der Waals surface area contributed by atoms with Crippen LogP contribution in [0.25, 0.3) is 0 Å². The van der Waals surface area contributed by atoms with Crippen LogP contribution < -0.4 is 5.32 Å². The van der Waals surface area contributed by atoms with Crippen LogP contribution in [-0.4, -0.2) is 30.1 Å². The van der Waals surface area contributed by atoms with Crippen LogP contribution in [-0.2, 0) is 0 Å². The van der Waals surface area contributed by atoms with Crippen molar-refractivity contribution in [3.63, 3.8) is 0 Å². The van der Waals surface area contributed by atoms with Crippen molar-refractivity contribution in [3.05, 3.63) is 24.2 Å². The molecule has 1 saturated heterocycles. The highest BCUT2D eigenvalue weighted by molar-refractivity contribution is 5.11. The van der Waals surface area contributed by atoms with Gasteiger partial charge in [0.05, 0.1) is 12.3 Å². The number of likely N-dealkylation sites (tertiary alicyclic amines) is 1. The monoisotopic (exact) mass is 264 g/mol. The number of furan rings is 1. The van der Waals surface area contributed by atoms with Gasteiger partial charge in [-0.2, -0.15) is 0 Å². The Morgan fingerprint density at radius 3 is 2.47 bits per heavy atom. The molecule has 0 amide bonds. The van der Waals surface area contributed by atoms with Crippen LogP contribution in [0.2, 0.25) is 0 Å². The Kier molecular flexibility index (Phi) is 5.06. The van der Waals surface area contributed by atoms with E-state index < -0.39 is 0 Å². The lowest BCUT2D eigenvalue weighted by Crippen LogP contribution is -2.53. The van der Waals surface area contributed by atoms with Crippen molar-refractivity contribution < 1.29 is 4.42 Å². The van der Waals surface area contributed by atoms with Crippen molar-refractivity contribution >= 4 is 0 Å². The number of likely N-dealkylation sites (N-methyl/N-ethyl adjacent to an activating group) is 1. The molecular weight excluding hydrogens is 236 g/mol. The number of nitrogens with one attached hydrogen (secondary N) is 1. The molecular formula is C16H28N2O. The second-order valence-corrected chi connectivity index (χ2v) is 6.06. The minimum Gasteiger partial charge on any atom is -0.468 e. The number of hydrogen-bond acceptors (Lipinski definition) is 3. The third-order valence-corrected chi connectivity index (χ3v) is 4.36. The molecule has 0 saturated carbocycles. The van der Waals surface area contributed by atoms with Gasteiger partial charge in [-0.1, -0.05) is 19.8 Å². The molecule has 1 unspecified atom stereocenters. The van der Waals surface area contributed by atoms with Gasteiger partial charge in [-0.05, 0) is 58.5 Å². The highest BCUT2D eigenvalue weighted by Gasteiger charge is 2.37. The molecule has 0 aromatic carbocycles. The third-order valence-electron chi connectivity index (χ3n) is 4.36. The Bertz CT molecular complexity index is 351. The fourth-order valence-corrected chi connectivity index (χ4v) is 3.19. The lowest BCUT2D eigenvalue weighted by atomic mass is 9.90. The van der Waals surface area contributed by atoms with Crippen LogP contribution in [0.3, 0.4) is 0 Å². The molecule has 1 aromatic heterocycles. The first-order chi connectivity index (χ1) is 9.16. The molecule has 108 valence electrons. The molecule has 1 aromatic rings. The van der Waals surface area contributed by atoms with E-state index in [4.69, 9.17) is 4.42 Å². The minimum atomic E-state index is 0.0816. The largest absolute Gasteiger partial charge is 0.468 e. The average Bonchev–Trinajstić information content (AvgIpc) is 2.76. The molecule has 0 bridgehead atoms. The quantitative estimate of drug-likeness (QED) is 0.881. The molecule has 1 aliphatic heterocycles. The molecule has 0 radical (unpaired) electrons. The topological polar surface area (TPSA) is 28.4 Å². The second-order valence-electron chi connectivity index (χ2n) is 6.06. The van der Waals surface area contributed by atoms with Gasteiger partial charge in [0.1, 0.15) is 5.76 Å². The van der Waals surface area contributed by atoms with E-state index in [-0.39, 0.29) is 11.6 Å². The summed E-state index contributed by atoms with van der Waals surface area (Å²) in [6.45, 7) is 10.2. The summed E-state index contributed by atoms with van der Waals surface area (Å²) in [6, 6.07) is 4.33. The standard InChI is InChI=1S/C16H28N2O/c1-4-17-15(14-10-9-13-19-14)16(2,3)18-11-7-5-6-8-12-18/h9-10,13,15,17H,4-8,11-12H2,1-3H3. The molecule has 1 atom stereocenters. The van der Waals surface area contributed by atoms with Crippen LogP contribution in [0.5, 0.6) is 0 Å². The summed E-state index contributed by atoms with van der Waals surface area (Å²) in [6.07, 6.45) is 7.16. The average molecular weight is 264 g/mol. The highest BCUT2D eigenvalue weighted by Crippen LogP contribution is 2.33. The zero-order valence-electron chi connectivity index (χ0n) is 12.6. The first-order valence-electron chi connectivity index (χ1n) is 7.68. The third kappa shape index (κ3) is 3.40. The van der Waals surface area contributed by atoms with Crippen LogP contribution >= 0.6 is 0 Å². The molecule has 1 N–H and O–H groups in total. The number of hydrogen-bond donors (Lipinski definition) is 1. The summed E-state index contributed by atoms with van der Waals surface area (Å²) < 4.78 is 5.67. The first-order valence-corrected chi connectivity index (χ1v) is 7.68. The summed E-state index contributed by atoms with van der Waals surface area (Å²) in [5, 5.41) is 3.61. The van der Waals surface area contributed by atoms with Gasteiger partial charge < -0.3 is 9.73 Å². The van der Waals surface area contributed by atoms with Crippen LogP contribution in [0, 0.1) is 0 Å². The zero-order valence-corrected chi connectivity index (χ0v) is 12.6. The number of rotatable bonds is 5. The van der Waals surface area contributed by atoms with Gasteiger partial charge in [0.15, 0.2) is 0 Å². The van der Waals surface area contributed by atoms with E-state index in [1.807, 2.05) is 6.07 Å². The van der Waals surface area contributed by atoms with Crippen molar-refractivity contribution in [2.75, 3.05) is 19.6 Å². The van der Waals surface area contributed by atoms with E-state index in [1.54, 1.807) is 6.26 Å². The van der Waals surface area contributed by atoms with Crippen molar-refractivity contribution in [1.82, 2.24) is 10.2 Å². The van der Waals surface area contributed by atoms with E-state index in [2.05, 4.69) is 37.1 Å². The summed E-state index contributed by atoms with van der Waals surface area (Å²) in [4.78, 5) is 2.63. The van der Waals surface area contributed by atoms with Gasteiger partial charge >= 0.3 is 0 Å². The molecule has 19 heavy (non-hydrogen) atoms. The summed E-state index contributed by atoms with van der Waals surface area (Å²) >= 11 is 0. The lowest BCUT2D eigenvalue weighted by Gasteiger charge is -2.43. The molecule has 3 nitrogen and oxygen atoms in total. The maximum absolute atomic E-state index is 5.67. The fraction of sp³-hybridized carbons (Fsp3) is 0.750. The Morgan fingerprint density at radius 2 is 1.95 bits per heavy atom. The van der Waals surface area contributed by atoms with E-state index in [0.717, 1.165) is 12.3 Å². The maximum Gasteiger partial charge on any atom is 0.122 e. The molecule has 0 aliphatic carbocycles. The molecule has 1 aliphatic rings. The van der Waals surface area contributed by atoms with Crippen molar-refractivity contribution in [2.24, 2.45) is 0 Å². The zero-order chi connectivity index (χ0) is 13.7. The Balaban J connectivity index is 2.17. The Labute approximate surface area is 117 Å². The van der Waals surface area contributed by atoms with Gasteiger partial charge in [0.25, 0.3) is 0 Å². The molecule has 2 rings (SSSR count). The van der Waals surface area contributed by atoms with Crippen LogP contribution in [0.4, 0.5) is 0 Å². The maximum atomic E-state index is 5.67. The van der Waals surface area contributed by atoms with Gasteiger partial charge in [0.2, 0.25) is 0 Å². The molecule has 1 fully saturated rings. The van der Waals surface area contributed by atoms with Crippen molar-refractivity contribution in [2.45, 2.75) is 58.0 Å². The Morgan fingerprint density at radius 1 is 1.26 bits per heavy atom. The fourth-order valence-electron chi connectivity index (χ4n) is 3.19. The summed E-state index contributed by atoms with van der Waals surface area (Å²) in [7, 11) is 0. The van der Waals surface area contributed by atoms with Gasteiger partial charge in [0, 0.05) is 5.54 Å². The second kappa shape index (κ2) is 6.58. The van der Waals surface area contributed by atoms with E-state index in [9.17, 15) is 0 Å². The number of nitrogens with zero attached hydrogens (tertiary/aromatic N) is 1. The smallest absolute Gasteiger partial charge is 0.122 e. The minimum absolute atomic E-state index is 0.0816. The predicted octanol–water partition coefficient (Wildman–Crippen LogP) is 3.58. The van der Waals surface area contributed by atoms with Crippen LogP contribution in [0.15, 0.2) is 22.8 Å². The van der Waals surface area contributed by atoms with E-state index >= 15 is 0 Å². The van der Waals surface area contributed by atoms with Gasteiger partial charge in [-0.25, -0.2) is 0 Å². The Hall–Kier alpha value is -0.800. The van der Waals surface area contributed by atoms with Gasteiger partial charge in [-0.15, -0.1) is 0 Å². The lowest BCUT2D eigenvalue weighted by molar-refractivity contribution is 0.0753. The first kappa shape index (κ1) is 14.6. The van der Waals surface area contributed by atoms with E-state index in [1.165, 1.54) is 38.8 Å². The van der Waals surface area contributed by atoms with Crippen LogP contribution in [0.1, 0.15) is 58.3 Å². The molecule has 2 heterocycles. The molecule has 0 spiro atoms. The van der Waals surface area contributed by atoms with E-state index in [0.29, 0.717) is 0 Å². The predicted molar refractivity (Wildman–Crippen MR) is 79.2 cm³/mol. The summed E-state index contributed by atoms with van der Waals surface area (Å²) in [5.74, 6) is 1.05. The van der Waals surface area contributed by atoms with Crippen molar-refractivity contribution in [3.8, 4) is 0 Å².